The topological polar surface area (TPSA) is 12.9 Å². The van der Waals surface area contributed by atoms with Crippen molar-refractivity contribution in [1.82, 2.24) is 4.98 Å². The number of nitrogens with zero attached hydrogens (tertiary/aromatic N) is 1. The zero-order valence-corrected chi connectivity index (χ0v) is 15.5. The molecule has 1 nitrogen and oxygen atoms in total. The Morgan fingerprint density at radius 1 is 1.25 bits per heavy atom. The van der Waals surface area contributed by atoms with Gasteiger partial charge in [0.2, 0.25) is 0 Å². The minimum atomic E-state index is 0.554. The lowest BCUT2D eigenvalue weighted by atomic mass is 10.1. The van der Waals surface area contributed by atoms with Crippen LogP contribution in [-0.4, -0.2) is 21.7 Å². The summed E-state index contributed by atoms with van der Waals surface area (Å²) < 4.78 is 1.11. The summed E-state index contributed by atoms with van der Waals surface area (Å²) in [5.41, 5.74) is 2.36. The SMILES string of the molecule is Cc1sc(C2SCCSC2C)nc1-c1cccc(Br)c1. The quantitative estimate of drug-likeness (QED) is 0.648. The van der Waals surface area contributed by atoms with Crippen LogP contribution in [-0.2, 0) is 0 Å². The van der Waals surface area contributed by atoms with Gasteiger partial charge in [0.1, 0.15) is 5.01 Å². The number of thiazole rings is 1. The van der Waals surface area contributed by atoms with E-state index in [2.05, 4.69) is 77.6 Å². The predicted molar refractivity (Wildman–Crippen MR) is 97.1 cm³/mol. The first-order valence-electron chi connectivity index (χ1n) is 6.61. The minimum absolute atomic E-state index is 0.554. The van der Waals surface area contributed by atoms with Crippen molar-refractivity contribution in [2.75, 3.05) is 11.5 Å². The first-order chi connectivity index (χ1) is 9.65. The van der Waals surface area contributed by atoms with Crippen LogP contribution in [0.2, 0.25) is 0 Å². The Hall–Kier alpha value is 0.0300. The normalized spacial score (nSPS) is 22.9. The lowest BCUT2D eigenvalue weighted by Crippen LogP contribution is -2.15. The van der Waals surface area contributed by atoms with Crippen molar-refractivity contribution in [3.05, 3.63) is 38.6 Å². The van der Waals surface area contributed by atoms with Crippen molar-refractivity contribution in [3.8, 4) is 11.3 Å². The van der Waals surface area contributed by atoms with Gasteiger partial charge in [-0.2, -0.15) is 11.8 Å². The molecule has 1 saturated heterocycles. The molecule has 106 valence electrons. The molecule has 1 aliphatic heterocycles. The number of hydrogen-bond donors (Lipinski definition) is 0. The average Bonchev–Trinajstić information content (AvgIpc) is 2.81. The molecule has 2 heterocycles. The Morgan fingerprint density at radius 3 is 2.80 bits per heavy atom. The van der Waals surface area contributed by atoms with E-state index >= 15 is 0 Å². The number of halogens is 1. The number of aryl methyl sites for hydroxylation is 1. The Morgan fingerprint density at radius 2 is 2.05 bits per heavy atom. The maximum absolute atomic E-state index is 4.96. The van der Waals surface area contributed by atoms with Gasteiger partial charge in [0.25, 0.3) is 0 Å². The maximum atomic E-state index is 4.96. The molecule has 2 aromatic rings. The average molecular weight is 386 g/mol. The van der Waals surface area contributed by atoms with Gasteiger partial charge in [-0.3, -0.25) is 0 Å². The van der Waals surface area contributed by atoms with E-state index in [1.54, 1.807) is 0 Å². The Balaban J connectivity index is 1.94. The summed E-state index contributed by atoms with van der Waals surface area (Å²) in [6.45, 7) is 4.51. The minimum Gasteiger partial charge on any atom is -0.240 e. The molecule has 5 heteroatoms. The van der Waals surface area contributed by atoms with Crippen LogP contribution in [0.1, 0.15) is 22.1 Å². The standard InChI is InChI=1S/C15H16BrNS3/c1-9-13(11-4-3-5-12(16)8-11)17-15(20-9)14-10(2)18-6-7-19-14/h3-5,8,10,14H,6-7H2,1-2H3. The van der Waals surface area contributed by atoms with Crippen molar-refractivity contribution < 1.29 is 0 Å². The maximum Gasteiger partial charge on any atom is 0.108 e. The molecule has 0 saturated carbocycles. The lowest BCUT2D eigenvalue weighted by Gasteiger charge is -2.25. The van der Waals surface area contributed by atoms with E-state index in [1.165, 1.54) is 27.0 Å². The van der Waals surface area contributed by atoms with Gasteiger partial charge in [-0.15, -0.1) is 23.1 Å². The second-order valence-electron chi connectivity index (χ2n) is 4.83. The number of hydrogen-bond acceptors (Lipinski definition) is 4. The molecule has 1 aliphatic rings. The van der Waals surface area contributed by atoms with Crippen LogP contribution in [0.3, 0.4) is 0 Å². The monoisotopic (exact) mass is 385 g/mol. The van der Waals surface area contributed by atoms with Crippen LogP contribution in [0.15, 0.2) is 28.7 Å². The molecule has 0 amide bonds. The van der Waals surface area contributed by atoms with Crippen LogP contribution in [0.25, 0.3) is 11.3 Å². The highest BCUT2D eigenvalue weighted by molar-refractivity contribution is 9.10. The molecule has 0 spiro atoms. The second-order valence-corrected chi connectivity index (χ2v) is 9.72. The van der Waals surface area contributed by atoms with E-state index in [0.29, 0.717) is 10.5 Å². The third kappa shape index (κ3) is 3.11. The molecule has 0 aliphatic carbocycles. The molecular weight excluding hydrogens is 370 g/mol. The number of rotatable bonds is 2. The largest absolute Gasteiger partial charge is 0.240 e. The predicted octanol–water partition coefficient (Wildman–Crippen LogP) is 5.79. The Labute approximate surface area is 141 Å². The van der Waals surface area contributed by atoms with Gasteiger partial charge in [-0.25, -0.2) is 4.98 Å². The van der Waals surface area contributed by atoms with Gasteiger partial charge in [0.15, 0.2) is 0 Å². The first kappa shape index (κ1) is 14.9. The zero-order valence-electron chi connectivity index (χ0n) is 11.4. The van der Waals surface area contributed by atoms with Gasteiger partial charge < -0.3 is 0 Å². The molecule has 20 heavy (non-hydrogen) atoms. The summed E-state index contributed by atoms with van der Waals surface area (Å²) in [7, 11) is 0. The van der Waals surface area contributed by atoms with E-state index in [1.807, 2.05) is 11.3 Å². The van der Waals surface area contributed by atoms with E-state index in [4.69, 9.17) is 4.98 Å². The molecule has 2 unspecified atom stereocenters. The van der Waals surface area contributed by atoms with Crippen molar-refractivity contribution in [1.29, 1.82) is 0 Å². The molecule has 3 rings (SSSR count). The fourth-order valence-corrected chi connectivity index (χ4v) is 6.85. The number of thioether (sulfide) groups is 2. The highest BCUT2D eigenvalue weighted by atomic mass is 79.9. The Kier molecular flexibility index (Phi) is 4.80. The van der Waals surface area contributed by atoms with Crippen LogP contribution >= 0.6 is 50.8 Å². The van der Waals surface area contributed by atoms with Gasteiger partial charge >= 0.3 is 0 Å². The highest BCUT2D eigenvalue weighted by Gasteiger charge is 2.27. The molecule has 1 aromatic heterocycles. The molecular formula is C15H16BrNS3. The Bertz CT molecular complexity index is 611. The van der Waals surface area contributed by atoms with Crippen molar-refractivity contribution in [2.24, 2.45) is 0 Å². The zero-order chi connectivity index (χ0) is 14.1. The van der Waals surface area contributed by atoms with Gasteiger partial charge in [0, 0.05) is 31.7 Å². The molecule has 0 N–H and O–H groups in total. The molecule has 0 radical (unpaired) electrons. The third-order valence-electron chi connectivity index (χ3n) is 3.34. The van der Waals surface area contributed by atoms with Crippen LogP contribution in [0, 0.1) is 6.92 Å². The first-order valence-corrected chi connectivity index (χ1v) is 10.3. The molecule has 0 bridgehead atoms. The molecule has 1 fully saturated rings. The lowest BCUT2D eigenvalue weighted by molar-refractivity contribution is 0.896. The van der Waals surface area contributed by atoms with Crippen LogP contribution in [0.5, 0.6) is 0 Å². The molecule has 1 aromatic carbocycles. The van der Waals surface area contributed by atoms with Crippen LogP contribution < -0.4 is 0 Å². The second kappa shape index (κ2) is 6.42. The third-order valence-corrected chi connectivity index (χ3v) is 8.14. The van der Waals surface area contributed by atoms with Gasteiger partial charge in [-0.05, 0) is 19.1 Å². The fraction of sp³-hybridized carbons (Fsp3) is 0.400. The van der Waals surface area contributed by atoms with Gasteiger partial charge in [0.05, 0.1) is 10.9 Å². The summed E-state index contributed by atoms with van der Waals surface area (Å²) in [6.07, 6.45) is 0. The van der Waals surface area contributed by atoms with E-state index in [-0.39, 0.29) is 0 Å². The fourth-order valence-electron chi connectivity index (χ4n) is 2.35. The summed E-state index contributed by atoms with van der Waals surface area (Å²) in [5.74, 6) is 2.51. The summed E-state index contributed by atoms with van der Waals surface area (Å²) in [4.78, 5) is 6.28. The van der Waals surface area contributed by atoms with Crippen molar-refractivity contribution in [3.63, 3.8) is 0 Å². The number of benzene rings is 1. The van der Waals surface area contributed by atoms with Crippen LogP contribution in [0.4, 0.5) is 0 Å². The van der Waals surface area contributed by atoms with Crippen molar-refractivity contribution in [2.45, 2.75) is 24.3 Å². The summed E-state index contributed by atoms with van der Waals surface area (Å²) in [6, 6.07) is 8.42. The summed E-state index contributed by atoms with van der Waals surface area (Å²) in [5, 5.41) is 2.51. The number of aromatic nitrogens is 1. The van der Waals surface area contributed by atoms with Gasteiger partial charge in [-0.1, -0.05) is 35.0 Å². The van der Waals surface area contributed by atoms with E-state index in [0.717, 1.165) is 10.2 Å². The van der Waals surface area contributed by atoms with E-state index < -0.39 is 0 Å². The smallest absolute Gasteiger partial charge is 0.108 e. The van der Waals surface area contributed by atoms with E-state index in [9.17, 15) is 0 Å². The molecule has 2 atom stereocenters. The summed E-state index contributed by atoms with van der Waals surface area (Å²) >= 11 is 9.55. The highest BCUT2D eigenvalue weighted by Crippen LogP contribution is 2.45. The van der Waals surface area contributed by atoms with Crippen molar-refractivity contribution >= 4 is 50.8 Å².